The van der Waals surface area contributed by atoms with Crippen molar-refractivity contribution in [3.8, 4) is 0 Å². The van der Waals surface area contributed by atoms with Gasteiger partial charge in [0.1, 0.15) is 0 Å². The summed E-state index contributed by atoms with van der Waals surface area (Å²) in [5.41, 5.74) is 7.32. The molecule has 30 heavy (non-hydrogen) atoms. The number of rotatable bonds is 4. The highest BCUT2D eigenvalue weighted by Crippen LogP contribution is 2.35. The maximum absolute atomic E-state index is 4.78. The van der Waals surface area contributed by atoms with Crippen LogP contribution in [0, 0.1) is 0 Å². The molecular formula is C25H35N5. The molecule has 2 aromatic rings. The van der Waals surface area contributed by atoms with Gasteiger partial charge in [-0.1, -0.05) is 18.2 Å². The van der Waals surface area contributed by atoms with E-state index in [1.165, 1.54) is 41.8 Å². The Bertz CT molecular complexity index is 876. The van der Waals surface area contributed by atoms with Gasteiger partial charge in [-0.15, -0.1) is 0 Å². The first-order chi connectivity index (χ1) is 14.7. The van der Waals surface area contributed by atoms with E-state index >= 15 is 0 Å². The molecule has 2 aliphatic heterocycles. The SMILES string of the molecule is CN(C[C@H]1Cc2c(cccc2N2CCNCC2)CN1C)C1CCCc2cccnc21. The topological polar surface area (TPSA) is 34.6 Å². The lowest BCUT2D eigenvalue weighted by molar-refractivity contribution is 0.126. The Morgan fingerprint density at radius 3 is 2.83 bits per heavy atom. The summed E-state index contributed by atoms with van der Waals surface area (Å²) in [6, 6.07) is 12.3. The molecular weight excluding hydrogens is 370 g/mol. The molecule has 5 heteroatoms. The van der Waals surface area contributed by atoms with Gasteiger partial charge in [0.2, 0.25) is 0 Å². The molecule has 5 nitrogen and oxygen atoms in total. The first kappa shape index (κ1) is 20.0. The van der Waals surface area contributed by atoms with Crippen LogP contribution in [0.25, 0.3) is 0 Å². The molecule has 1 N–H and O–H groups in total. The summed E-state index contributed by atoms with van der Waals surface area (Å²) < 4.78 is 0. The number of nitrogens with zero attached hydrogens (tertiary/aromatic N) is 4. The fourth-order valence-corrected chi connectivity index (χ4v) is 5.67. The van der Waals surface area contributed by atoms with Crippen molar-refractivity contribution >= 4 is 5.69 Å². The summed E-state index contributed by atoms with van der Waals surface area (Å²) in [7, 11) is 4.60. The van der Waals surface area contributed by atoms with Gasteiger partial charge < -0.3 is 10.2 Å². The summed E-state index contributed by atoms with van der Waals surface area (Å²) in [5, 5.41) is 3.49. The van der Waals surface area contributed by atoms with E-state index in [4.69, 9.17) is 4.98 Å². The van der Waals surface area contributed by atoms with Crippen LogP contribution in [0.5, 0.6) is 0 Å². The van der Waals surface area contributed by atoms with E-state index in [-0.39, 0.29) is 0 Å². The van der Waals surface area contributed by atoms with Crippen molar-refractivity contribution < 1.29 is 0 Å². The smallest absolute Gasteiger partial charge is 0.0607 e. The van der Waals surface area contributed by atoms with E-state index in [0.29, 0.717) is 12.1 Å². The van der Waals surface area contributed by atoms with Crippen molar-refractivity contribution in [3.05, 3.63) is 58.9 Å². The largest absolute Gasteiger partial charge is 0.369 e. The molecule has 1 saturated heterocycles. The third-order valence-electron chi connectivity index (χ3n) is 7.39. The second-order valence-electron chi connectivity index (χ2n) is 9.32. The van der Waals surface area contributed by atoms with E-state index in [9.17, 15) is 0 Å². The van der Waals surface area contributed by atoms with E-state index < -0.39 is 0 Å². The molecule has 5 rings (SSSR count). The highest BCUT2D eigenvalue weighted by molar-refractivity contribution is 5.58. The van der Waals surface area contributed by atoms with Gasteiger partial charge >= 0.3 is 0 Å². The maximum atomic E-state index is 4.78. The molecule has 1 aromatic heterocycles. The number of hydrogen-bond acceptors (Lipinski definition) is 5. The van der Waals surface area contributed by atoms with Crippen LogP contribution in [0.15, 0.2) is 36.5 Å². The monoisotopic (exact) mass is 405 g/mol. The predicted octanol–water partition coefficient (Wildman–Crippen LogP) is 2.86. The summed E-state index contributed by atoms with van der Waals surface area (Å²) in [4.78, 5) is 12.5. The van der Waals surface area contributed by atoms with E-state index in [1.54, 1.807) is 5.56 Å². The molecule has 0 spiro atoms. The molecule has 2 atom stereocenters. The minimum atomic E-state index is 0.452. The van der Waals surface area contributed by atoms with Crippen molar-refractivity contribution in [3.63, 3.8) is 0 Å². The minimum Gasteiger partial charge on any atom is -0.369 e. The van der Waals surface area contributed by atoms with Crippen molar-refractivity contribution in [1.29, 1.82) is 0 Å². The number of piperazine rings is 1. The highest BCUT2D eigenvalue weighted by atomic mass is 15.2. The first-order valence-corrected chi connectivity index (χ1v) is 11.6. The highest BCUT2D eigenvalue weighted by Gasteiger charge is 2.31. The van der Waals surface area contributed by atoms with Gasteiger partial charge in [-0.05, 0) is 68.6 Å². The summed E-state index contributed by atoms with van der Waals surface area (Å²) in [5.74, 6) is 0. The molecule has 0 bridgehead atoms. The fraction of sp³-hybridized carbons (Fsp3) is 0.560. The van der Waals surface area contributed by atoms with Gasteiger partial charge in [0.25, 0.3) is 0 Å². The van der Waals surface area contributed by atoms with Crippen LogP contribution in [-0.2, 0) is 19.4 Å². The number of benzene rings is 1. The Labute approximate surface area is 181 Å². The molecule has 0 radical (unpaired) electrons. The molecule has 0 amide bonds. The molecule has 1 fully saturated rings. The van der Waals surface area contributed by atoms with Crippen LogP contribution in [0.3, 0.4) is 0 Å². The Balaban J connectivity index is 1.35. The van der Waals surface area contributed by atoms with Gasteiger partial charge in [0.15, 0.2) is 0 Å². The van der Waals surface area contributed by atoms with Gasteiger partial charge in [-0.2, -0.15) is 0 Å². The van der Waals surface area contributed by atoms with Crippen LogP contribution in [0.4, 0.5) is 5.69 Å². The third kappa shape index (κ3) is 3.86. The summed E-state index contributed by atoms with van der Waals surface area (Å²) in [6.45, 7) is 6.54. The van der Waals surface area contributed by atoms with E-state index in [1.807, 2.05) is 6.20 Å². The summed E-state index contributed by atoms with van der Waals surface area (Å²) >= 11 is 0. The Morgan fingerprint density at radius 1 is 1.13 bits per heavy atom. The van der Waals surface area contributed by atoms with Crippen LogP contribution in [0.1, 0.15) is 41.3 Å². The van der Waals surface area contributed by atoms with Crippen molar-refractivity contribution in [1.82, 2.24) is 20.1 Å². The number of anilines is 1. The quantitative estimate of drug-likeness (QED) is 0.846. The molecule has 160 valence electrons. The first-order valence-electron chi connectivity index (χ1n) is 11.6. The van der Waals surface area contributed by atoms with E-state index in [0.717, 1.165) is 45.7 Å². The lowest BCUT2D eigenvalue weighted by atomic mass is 9.89. The van der Waals surface area contributed by atoms with Gasteiger partial charge in [-0.25, -0.2) is 0 Å². The number of hydrogen-bond donors (Lipinski definition) is 1. The number of pyridine rings is 1. The van der Waals surface area contributed by atoms with Crippen LogP contribution in [0.2, 0.25) is 0 Å². The number of likely N-dealkylation sites (N-methyl/N-ethyl adjacent to an activating group) is 2. The molecule has 3 heterocycles. The Kier molecular flexibility index (Phi) is 5.77. The molecule has 1 aromatic carbocycles. The van der Waals surface area contributed by atoms with Crippen LogP contribution in [-0.4, -0.2) is 67.6 Å². The Morgan fingerprint density at radius 2 is 1.97 bits per heavy atom. The van der Waals surface area contributed by atoms with Crippen molar-refractivity contribution in [2.75, 3.05) is 51.7 Å². The molecule has 1 unspecified atom stereocenters. The van der Waals surface area contributed by atoms with Crippen molar-refractivity contribution in [2.45, 2.75) is 44.3 Å². The lowest BCUT2D eigenvalue weighted by Gasteiger charge is -2.41. The zero-order valence-electron chi connectivity index (χ0n) is 18.5. The van der Waals surface area contributed by atoms with Crippen LogP contribution < -0.4 is 10.2 Å². The lowest BCUT2D eigenvalue weighted by Crippen LogP contribution is -2.47. The predicted molar refractivity (Wildman–Crippen MR) is 123 cm³/mol. The van der Waals surface area contributed by atoms with Crippen molar-refractivity contribution in [2.24, 2.45) is 0 Å². The molecule has 0 saturated carbocycles. The average Bonchev–Trinajstić information content (AvgIpc) is 2.79. The maximum Gasteiger partial charge on any atom is 0.0607 e. The molecule has 1 aliphatic carbocycles. The normalized spacial score (nSPS) is 24.6. The Hall–Kier alpha value is -1.95. The number of nitrogens with one attached hydrogen (secondary N) is 1. The average molecular weight is 406 g/mol. The minimum absolute atomic E-state index is 0.452. The number of fused-ring (bicyclic) bond motifs is 2. The second-order valence-corrected chi connectivity index (χ2v) is 9.32. The van der Waals surface area contributed by atoms with Gasteiger partial charge in [0, 0.05) is 57.2 Å². The third-order valence-corrected chi connectivity index (χ3v) is 7.39. The zero-order valence-corrected chi connectivity index (χ0v) is 18.5. The molecule has 3 aliphatic rings. The summed E-state index contributed by atoms with van der Waals surface area (Å²) in [6.07, 6.45) is 6.77. The number of aryl methyl sites for hydroxylation is 1. The zero-order chi connectivity index (χ0) is 20.5. The second kappa shape index (κ2) is 8.66. The fourth-order valence-electron chi connectivity index (χ4n) is 5.67. The van der Waals surface area contributed by atoms with Gasteiger partial charge in [0.05, 0.1) is 11.7 Å². The van der Waals surface area contributed by atoms with E-state index in [2.05, 4.69) is 64.4 Å². The number of aromatic nitrogens is 1. The van der Waals surface area contributed by atoms with Gasteiger partial charge in [-0.3, -0.25) is 14.8 Å². The van der Waals surface area contributed by atoms with Crippen LogP contribution >= 0.6 is 0 Å². The standard InChI is InChI=1S/C25H35N5/c1-28-17-20-7-4-9-23(30-14-12-26-13-15-30)22(20)16-21(28)18-29(2)24-10-3-6-19-8-5-11-27-25(19)24/h4-5,7-9,11,21,24,26H,3,6,10,12-18H2,1-2H3/t21-,24?/m1/s1.